The largest absolute Gasteiger partial charge is 0.419 e. The predicted octanol–water partition coefficient (Wildman–Crippen LogP) is 5.97. The first kappa shape index (κ1) is 19.4. The molecule has 30 heavy (non-hydrogen) atoms. The van der Waals surface area contributed by atoms with E-state index in [0.717, 1.165) is 23.6 Å². The molecule has 3 aromatic heterocycles. The van der Waals surface area contributed by atoms with Crippen LogP contribution in [0.4, 0.5) is 4.39 Å². The van der Waals surface area contributed by atoms with Gasteiger partial charge in [0.2, 0.25) is 11.8 Å². The fourth-order valence-corrected chi connectivity index (χ4v) is 5.32. The number of hydrogen-bond donors (Lipinski definition) is 0. The number of benzene rings is 1. The second-order valence-electron chi connectivity index (χ2n) is 7.49. The molecule has 4 aromatic rings. The zero-order chi connectivity index (χ0) is 20.7. The summed E-state index contributed by atoms with van der Waals surface area (Å²) in [7, 11) is 0. The summed E-state index contributed by atoms with van der Waals surface area (Å²) < 4.78 is 24.7. The number of thiophene rings is 1. The Bertz CT molecular complexity index is 1170. The third-order valence-corrected chi connectivity index (χ3v) is 7.25. The Hall–Kier alpha value is -2.52. The lowest BCUT2D eigenvalue weighted by Gasteiger charge is -2.16. The zero-order valence-corrected chi connectivity index (χ0v) is 18.1. The molecule has 0 amide bonds. The van der Waals surface area contributed by atoms with Crippen LogP contribution in [0.15, 0.2) is 44.4 Å². The molecule has 0 N–H and O–H groups in total. The first-order valence-electron chi connectivity index (χ1n) is 9.76. The minimum Gasteiger partial charge on any atom is -0.419 e. The van der Waals surface area contributed by atoms with Crippen molar-refractivity contribution in [3.05, 3.63) is 52.5 Å². The number of aromatic nitrogens is 4. The summed E-state index contributed by atoms with van der Waals surface area (Å²) in [6.45, 7) is 4.23. The lowest BCUT2D eigenvalue weighted by atomic mass is 9.90. The monoisotopic (exact) mass is 442 g/mol. The van der Waals surface area contributed by atoms with Gasteiger partial charge in [-0.15, -0.1) is 31.7 Å². The second-order valence-corrected chi connectivity index (χ2v) is 9.92. The highest BCUT2D eigenvalue weighted by Crippen LogP contribution is 2.39. The van der Waals surface area contributed by atoms with Gasteiger partial charge in [0.15, 0.2) is 0 Å². The lowest BCUT2D eigenvalue weighted by Crippen LogP contribution is -2.07. The van der Waals surface area contributed by atoms with Gasteiger partial charge in [-0.3, -0.25) is 0 Å². The Labute approximate surface area is 180 Å². The number of halogens is 1. The highest BCUT2D eigenvalue weighted by molar-refractivity contribution is 7.99. The summed E-state index contributed by atoms with van der Waals surface area (Å²) in [6, 6.07) is 8.13. The van der Waals surface area contributed by atoms with Gasteiger partial charge in [-0.25, -0.2) is 4.39 Å². The van der Waals surface area contributed by atoms with Crippen molar-refractivity contribution in [2.45, 2.75) is 43.6 Å². The number of nitrogens with zero attached hydrogens (tertiary/aromatic N) is 4. The number of hydrogen-bond acceptors (Lipinski definition) is 8. The fourth-order valence-electron chi connectivity index (χ4n) is 3.48. The molecule has 0 bridgehead atoms. The van der Waals surface area contributed by atoms with Gasteiger partial charge in [-0.05, 0) is 68.0 Å². The SMILES string of the molecule is CC1CCc2sc(-c3nnc(SC(C)c4nnc(-c5ccc(F)cc5)o4)o3)cc2C1. The average Bonchev–Trinajstić information content (AvgIpc) is 3.47. The Morgan fingerprint density at radius 1 is 1.10 bits per heavy atom. The summed E-state index contributed by atoms with van der Waals surface area (Å²) in [5, 5.41) is 16.9. The van der Waals surface area contributed by atoms with E-state index in [4.69, 9.17) is 8.83 Å². The van der Waals surface area contributed by atoms with Gasteiger partial charge in [0, 0.05) is 10.4 Å². The average molecular weight is 443 g/mol. The third kappa shape index (κ3) is 3.91. The third-order valence-electron chi connectivity index (χ3n) is 5.10. The van der Waals surface area contributed by atoms with Crippen LogP contribution in [-0.2, 0) is 12.8 Å². The van der Waals surface area contributed by atoms with Crippen molar-refractivity contribution in [3.8, 4) is 22.2 Å². The summed E-state index contributed by atoms with van der Waals surface area (Å²) >= 11 is 3.11. The van der Waals surface area contributed by atoms with Crippen molar-refractivity contribution in [3.63, 3.8) is 0 Å². The van der Waals surface area contributed by atoms with Crippen molar-refractivity contribution < 1.29 is 13.2 Å². The van der Waals surface area contributed by atoms with Crippen molar-refractivity contribution in [1.29, 1.82) is 0 Å². The molecule has 154 valence electrons. The molecule has 1 aliphatic rings. The van der Waals surface area contributed by atoms with Crippen LogP contribution in [0.25, 0.3) is 22.2 Å². The van der Waals surface area contributed by atoms with Crippen LogP contribution in [0, 0.1) is 11.7 Å². The van der Waals surface area contributed by atoms with Gasteiger partial charge in [0.1, 0.15) is 5.82 Å². The Kier molecular flexibility index (Phi) is 5.16. The van der Waals surface area contributed by atoms with E-state index in [1.807, 2.05) is 6.92 Å². The minimum absolute atomic E-state index is 0.169. The van der Waals surface area contributed by atoms with E-state index in [1.165, 1.54) is 40.8 Å². The molecule has 0 radical (unpaired) electrons. The molecule has 9 heteroatoms. The van der Waals surface area contributed by atoms with Crippen molar-refractivity contribution in [1.82, 2.24) is 20.4 Å². The number of aryl methyl sites for hydroxylation is 1. The maximum absolute atomic E-state index is 13.1. The molecule has 1 aromatic carbocycles. The lowest BCUT2D eigenvalue weighted by molar-refractivity contribution is 0.462. The van der Waals surface area contributed by atoms with Crippen LogP contribution in [0.3, 0.4) is 0 Å². The van der Waals surface area contributed by atoms with E-state index in [0.29, 0.717) is 28.5 Å². The number of fused-ring (bicyclic) bond motifs is 1. The van der Waals surface area contributed by atoms with Gasteiger partial charge in [0.25, 0.3) is 11.1 Å². The molecule has 0 saturated carbocycles. The highest BCUT2D eigenvalue weighted by Gasteiger charge is 2.23. The Balaban J connectivity index is 1.29. The molecule has 5 rings (SSSR count). The first-order valence-corrected chi connectivity index (χ1v) is 11.5. The summed E-state index contributed by atoms with van der Waals surface area (Å²) in [5.41, 5.74) is 2.08. The van der Waals surface area contributed by atoms with Gasteiger partial charge in [-0.1, -0.05) is 18.7 Å². The normalized spacial score (nSPS) is 17.1. The van der Waals surface area contributed by atoms with Gasteiger partial charge in [0.05, 0.1) is 10.1 Å². The Morgan fingerprint density at radius 2 is 1.90 bits per heavy atom. The van der Waals surface area contributed by atoms with Crippen LogP contribution in [0.5, 0.6) is 0 Å². The molecular formula is C21H19FN4O2S2. The van der Waals surface area contributed by atoms with E-state index in [9.17, 15) is 4.39 Å². The van der Waals surface area contributed by atoms with Gasteiger partial charge < -0.3 is 8.83 Å². The first-order chi connectivity index (χ1) is 14.5. The molecule has 2 unspecified atom stereocenters. The summed E-state index contributed by atoms with van der Waals surface area (Å²) in [5.74, 6) is 1.76. The molecular weight excluding hydrogens is 423 g/mol. The molecule has 0 aliphatic heterocycles. The standard InChI is InChI=1S/C21H19FN4O2S2/c1-11-3-8-16-14(9-11)10-17(30-16)20-25-26-21(28-20)29-12(2)18-23-24-19(27-18)13-4-6-15(22)7-5-13/h4-7,10-12H,3,8-9H2,1-2H3. The van der Waals surface area contributed by atoms with E-state index in [-0.39, 0.29) is 11.1 Å². The molecule has 0 saturated heterocycles. The maximum atomic E-state index is 13.1. The van der Waals surface area contributed by atoms with Crippen LogP contribution < -0.4 is 0 Å². The molecule has 1 aliphatic carbocycles. The van der Waals surface area contributed by atoms with Gasteiger partial charge >= 0.3 is 0 Å². The zero-order valence-electron chi connectivity index (χ0n) is 16.5. The topological polar surface area (TPSA) is 77.8 Å². The molecule has 0 spiro atoms. The highest BCUT2D eigenvalue weighted by atomic mass is 32.2. The molecule has 0 fully saturated rings. The van der Waals surface area contributed by atoms with E-state index in [1.54, 1.807) is 23.5 Å². The van der Waals surface area contributed by atoms with E-state index >= 15 is 0 Å². The molecule has 6 nitrogen and oxygen atoms in total. The van der Waals surface area contributed by atoms with Crippen LogP contribution in [-0.4, -0.2) is 20.4 Å². The van der Waals surface area contributed by atoms with Crippen LogP contribution >= 0.6 is 23.1 Å². The molecule has 2 atom stereocenters. The summed E-state index contributed by atoms with van der Waals surface area (Å²) in [6.07, 6.45) is 3.48. The van der Waals surface area contributed by atoms with Crippen molar-refractivity contribution >= 4 is 23.1 Å². The van der Waals surface area contributed by atoms with E-state index < -0.39 is 0 Å². The fraction of sp³-hybridized carbons (Fsp3) is 0.333. The smallest absolute Gasteiger partial charge is 0.277 e. The second kappa shape index (κ2) is 7.96. The van der Waals surface area contributed by atoms with Gasteiger partial charge in [-0.2, -0.15) is 0 Å². The van der Waals surface area contributed by atoms with Crippen molar-refractivity contribution in [2.75, 3.05) is 0 Å². The van der Waals surface area contributed by atoms with Crippen LogP contribution in [0.1, 0.15) is 41.8 Å². The number of rotatable bonds is 5. The quantitative estimate of drug-likeness (QED) is 0.353. The number of thioether (sulfide) groups is 1. The van der Waals surface area contributed by atoms with Crippen LogP contribution in [0.2, 0.25) is 0 Å². The predicted molar refractivity (Wildman–Crippen MR) is 113 cm³/mol. The van der Waals surface area contributed by atoms with E-state index in [2.05, 4.69) is 33.4 Å². The molecule has 3 heterocycles. The maximum Gasteiger partial charge on any atom is 0.277 e. The Morgan fingerprint density at radius 3 is 2.73 bits per heavy atom. The van der Waals surface area contributed by atoms with Crippen molar-refractivity contribution in [2.24, 2.45) is 5.92 Å². The minimum atomic E-state index is -0.310. The summed E-state index contributed by atoms with van der Waals surface area (Å²) in [4.78, 5) is 2.46.